The predicted octanol–water partition coefficient (Wildman–Crippen LogP) is 1.33. The molecule has 0 spiro atoms. The third-order valence-electron chi connectivity index (χ3n) is 1.42. The van der Waals surface area contributed by atoms with Gasteiger partial charge in [-0.05, 0) is 18.8 Å². The van der Waals surface area contributed by atoms with Crippen molar-refractivity contribution in [3.8, 4) is 0 Å². The average Bonchev–Trinajstić information content (AvgIpc) is 1.59. The van der Waals surface area contributed by atoms with Gasteiger partial charge in [-0.3, -0.25) is 0 Å². The molecular weight excluding hydrogens is 100 g/mol. The van der Waals surface area contributed by atoms with Gasteiger partial charge < -0.3 is 5.11 Å². The summed E-state index contributed by atoms with van der Waals surface area (Å²) in [5, 5.41) is 9.05. The fraction of sp³-hybridized carbons (Fsp3) is 0.714. The summed E-state index contributed by atoms with van der Waals surface area (Å²) in [4.78, 5) is 0. The summed E-state index contributed by atoms with van der Waals surface area (Å²) in [6.45, 7) is 2.06. The van der Waals surface area contributed by atoms with Crippen LogP contribution in [0, 0.1) is 5.92 Å². The van der Waals surface area contributed by atoms with Crippen LogP contribution < -0.4 is 0 Å². The topological polar surface area (TPSA) is 20.2 Å². The van der Waals surface area contributed by atoms with Gasteiger partial charge >= 0.3 is 0 Å². The molecule has 0 unspecified atom stereocenters. The van der Waals surface area contributed by atoms with Crippen LogP contribution in [0.15, 0.2) is 12.1 Å². The standard InChI is InChI=1S/C7H12O/c1-6-3-2-4-7(8)5-6/h2,4,6-8H,3,5H2,1H3/t6-,7-/m1/s1/i2D. The summed E-state index contributed by atoms with van der Waals surface area (Å²) in [5.41, 5.74) is 0. The zero-order valence-electron chi connectivity index (χ0n) is 6.09. The minimum absolute atomic E-state index is 0.360. The van der Waals surface area contributed by atoms with E-state index in [1.54, 1.807) is 6.08 Å². The summed E-state index contributed by atoms with van der Waals surface area (Å²) >= 11 is 0. The number of aliphatic hydroxyl groups is 1. The first-order chi connectivity index (χ1) is 4.18. The third-order valence-corrected chi connectivity index (χ3v) is 1.42. The SMILES string of the molecule is [2H]C1=C[C@@H](O)C[C@H](C)C1. The maximum atomic E-state index is 9.05. The Morgan fingerprint density at radius 2 is 2.62 bits per heavy atom. The molecule has 1 nitrogen and oxygen atoms in total. The van der Waals surface area contributed by atoms with E-state index in [2.05, 4.69) is 6.92 Å². The Labute approximate surface area is 51.4 Å². The van der Waals surface area contributed by atoms with E-state index in [0.29, 0.717) is 12.0 Å². The first-order valence-electron chi connectivity index (χ1n) is 3.54. The van der Waals surface area contributed by atoms with Crippen LogP contribution in [0.25, 0.3) is 0 Å². The van der Waals surface area contributed by atoms with E-state index in [-0.39, 0.29) is 6.10 Å². The Bertz CT molecular complexity index is 131. The van der Waals surface area contributed by atoms with E-state index >= 15 is 0 Å². The molecule has 0 saturated carbocycles. The molecule has 0 radical (unpaired) electrons. The molecule has 1 N–H and O–H groups in total. The maximum Gasteiger partial charge on any atom is 0.0723 e. The molecule has 1 heteroatoms. The Morgan fingerprint density at radius 1 is 1.88 bits per heavy atom. The maximum absolute atomic E-state index is 9.05. The Balaban J connectivity index is 2.56. The Hall–Kier alpha value is -0.300. The van der Waals surface area contributed by atoms with Crippen LogP contribution >= 0.6 is 0 Å². The zero-order chi connectivity index (χ0) is 6.85. The predicted molar refractivity (Wildman–Crippen MR) is 33.5 cm³/mol. The lowest BCUT2D eigenvalue weighted by Crippen LogP contribution is -2.11. The molecule has 0 bridgehead atoms. The van der Waals surface area contributed by atoms with Gasteiger partial charge in [0.2, 0.25) is 0 Å². The van der Waals surface area contributed by atoms with E-state index < -0.39 is 0 Å². The number of rotatable bonds is 0. The van der Waals surface area contributed by atoms with Crippen molar-refractivity contribution in [3.05, 3.63) is 12.1 Å². The quantitative estimate of drug-likeness (QED) is 0.470. The highest BCUT2D eigenvalue weighted by atomic mass is 16.3. The van der Waals surface area contributed by atoms with Gasteiger partial charge in [0.25, 0.3) is 0 Å². The smallest absolute Gasteiger partial charge is 0.0723 e. The molecule has 0 aromatic heterocycles. The van der Waals surface area contributed by atoms with Gasteiger partial charge in [-0.1, -0.05) is 19.1 Å². The Kier molecular flexibility index (Phi) is 1.32. The van der Waals surface area contributed by atoms with Gasteiger partial charge in [0.1, 0.15) is 0 Å². The van der Waals surface area contributed by atoms with Crippen molar-refractivity contribution in [3.63, 3.8) is 0 Å². The first-order valence-corrected chi connectivity index (χ1v) is 3.04. The minimum Gasteiger partial charge on any atom is -0.389 e. The van der Waals surface area contributed by atoms with Crippen LogP contribution in [0.4, 0.5) is 0 Å². The van der Waals surface area contributed by atoms with Gasteiger partial charge in [0, 0.05) is 0 Å². The Morgan fingerprint density at radius 3 is 3.12 bits per heavy atom. The van der Waals surface area contributed by atoms with Crippen molar-refractivity contribution in [2.45, 2.75) is 25.9 Å². The zero-order valence-corrected chi connectivity index (χ0v) is 5.09. The highest BCUT2D eigenvalue weighted by molar-refractivity contribution is 4.95. The number of aliphatic hydroxyl groups excluding tert-OH is 1. The summed E-state index contributed by atoms with van der Waals surface area (Å²) in [7, 11) is 0. The number of allylic oxidation sites excluding steroid dienone is 1. The summed E-state index contributed by atoms with van der Waals surface area (Å²) < 4.78 is 7.23. The fourth-order valence-corrected chi connectivity index (χ4v) is 0.969. The minimum atomic E-state index is -0.360. The molecule has 2 atom stereocenters. The van der Waals surface area contributed by atoms with Crippen molar-refractivity contribution in [2.75, 3.05) is 0 Å². The van der Waals surface area contributed by atoms with E-state index in [1.165, 1.54) is 0 Å². The third kappa shape index (κ3) is 1.34. The summed E-state index contributed by atoms with van der Waals surface area (Å²) in [6.07, 6.45) is 2.92. The van der Waals surface area contributed by atoms with E-state index in [0.717, 1.165) is 12.8 Å². The molecule has 0 heterocycles. The second kappa shape index (κ2) is 2.31. The molecular formula is C7H12O. The molecule has 1 aliphatic carbocycles. The lowest BCUT2D eigenvalue weighted by molar-refractivity contribution is 0.183. The summed E-state index contributed by atoms with van der Waals surface area (Å²) in [5.74, 6) is 0.484. The van der Waals surface area contributed by atoms with Gasteiger partial charge in [-0.25, -0.2) is 0 Å². The molecule has 0 aromatic rings. The molecule has 0 fully saturated rings. The van der Waals surface area contributed by atoms with Crippen LogP contribution in [-0.4, -0.2) is 11.2 Å². The van der Waals surface area contributed by atoms with E-state index in [4.69, 9.17) is 6.48 Å². The lowest BCUT2D eigenvalue weighted by atomic mass is 9.95. The number of hydrogen-bond acceptors (Lipinski definition) is 1. The van der Waals surface area contributed by atoms with Crippen LogP contribution in [0.3, 0.4) is 0 Å². The van der Waals surface area contributed by atoms with Crippen LogP contribution in [0.1, 0.15) is 21.1 Å². The second-order valence-electron chi connectivity index (χ2n) is 2.48. The number of hydrogen-bond donors (Lipinski definition) is 1. The molecule has 0 saturated heterocycles. The van der Waals surface area contributed by atoms with Crippen molar-refractivity contribution in [1.82, 2.24) is 0 Å². The second-order valence-corrected chi connectivity index (χ2v) is 2.48. The summed E-state index contributed by atoms with van der Waals surface area (Å²) in [6, 6.07) is 0.584. The van der Waals surface area contributed by atoms with Gasteiger partial charge in [0.15, 0.2) is 0 Å². The van der Waals surface area contributed by atoms with Gasteiger partial charge in [0.05, 0.1) is 7.47 Å². The molecule has 1 rings (SSSR count). The molecule has 0 aliphatic heterocycles. The fourth-order valence-electron chi connectivity index (χ4n) is 0.969. The van der Waals surface area contributed by atoms with Crippen molar-refractivity contribution in [1.29, 1.82) is 0 Å². The van der Waals surface area contributed by atoms with Crippen molar-refractivity contribution < 1.29 is 6.48 Å². The normalized spacial score (nSPS) is 40.8. The van der Waals surface area contributed by atoms with E-state index in [9.17, 15) is 0 Å². The monoisotopic (exact) mass is 113 g/mol. The largest absolute Gasteiger partial charge is 0.389 e. The van der Waals surface area contributed by atoms with Gasteiger partial charge in [-0.15, -0.1) is 0 Å². The highest BCUT2D eigenvalue weighted by Crippen LogP contribution is 2.16. The van der Waals surface area contributed by atoms with Gasteiger partial charge in [-0.2, -0.15) is 0 Å². The molecule has 0 aromatic carbocycles. The first kappa shape index (κ1) is 4.57. The molecule has 8 heavy (non-hydrogen) atoms. The van der Waals surface area contributed by atoms with Crippen molar-refractivity contribution in [2.24, 2.45) is 5.92 Å². The van der Waals surface area contributed by atoms with Crippen LogP contribution in [0.2, 0.25) is 0 Å². The molecule has 1 aliphatic rings. The average molecular weight is 113 g/mol. The highest BCUT2D eigenvalue weighted by Gasteiger charge is 2.09. The molecule has 46 valence electrons. The van der Waals surface area contributed by atoms with Crippen LogP contribution in [-0.2, 0) is 0 Å². The van der Waals surface area contributed by atoms with E-state index in [1.807, 2.05) is 0 Å². The van der Waals surface area contributed by atoms with Crippen LogP contribution in [0.5, 0.6) is 0 Å². The van der Waals surface area contributed by atoms with Crippen molar-refractivity contribution >= 4 is 0 Å². The molecule has 0 amide bonds. The lowest BCUT2D eigenvalue weighted by Gasteiger charge is -2.16.